The molecule has 112 valence electrons. The molecule has 0 unspecified atom stereocenters. The van der Waals surface area contributed by atoms with Crippen LogP contribution in [0.3, 0.4) is 0 Å². The van der Waals surface area contributed by atoms with Crippen molar-refractivity contribution in [2.24, 2.45) is 0 Å². The monoisotopic (exact) mass is 299 g/mol. The van der Waals surface area contributed by atoms with Crippen molar-refractivity contribution in [3.8, 4) is 5.75 Å². The van der Waals surface area contributed by atoms with E-state index in [1.807, 2.05) is 25.2 Å². The van der Waals surface area contributed by atoms with Crippen LogP contribution in [-0.4, -0.2) is 55.6 Å². The van der Waals surface area contributed by atoms with Gasteiger partial charge < -0.3 is 19.5 Å². The molecule has 1 fully saturated rings. The summed E-state index contributed by atoms with van der Waals surface area (Å²) in [4.78, 5) is 2.09. The highest BCUT2D eigenvalue weighted by Crippen LogP contribution is 2.21. The minimum absolute atomic E-state index is 0.573. The molecule has 0 aromatic heterocycles. The Morgan fingerprint density at radius 2 is 2.15 bits per heavy atom. The van der Waals surface area contributed by atoms with E-state index in [-0.39, 0.29) is 0 Å². The maximum atomic E-state index is 10.4. The van der Waals surface area contributed by atoms with Crippen LogP contribution in [0.15, 0.2) is 24.3 Å². The molecule has 0 radical (unpaired) electrons. The van der Waals surface area contributed by atoms with Crippen molar-refractivity contribution >= 4 is 11.6 Å². The summed E-state index contributed by atoms with van der Waals surface area (Å²) in [5.41, 5.74) is -0.622. The van der Waals surface area contributed by atoms with Gasteiger partial charge in [-0.25, -0.2) is 0 Å². The van der Waals surface area contributed by atoms with Gasteiger partial charge in [-0.3, -0.25) is 0 Å². The zero-order valence-electron chi connectivity index (χ0n) is 11.8. The van der Waals surface area contributed by atoms with Gasteiger partial charge in [-0.15, -0.1) is 0 Å². The smallest absolute Gasteiger partial charge is 0.120 e. The van der Waals surface area contributed by atoms with Crippen molar-refractivity contribution < 1.29 is 14.6 Å². The lowest BCUT2D eigenvalue weighted by Gasteiger charge is -2.35. The summed E-state index contributed by atoms with van der Waals surface area (Å²) in [6, 6.07) is 7.37. The molecule has 1 aromatic carbocycles. The average Bonchev–Trinajstić information content (AvgIpc) is 2.39. The highest BCUT2D eigenvalue weighted by atomic mass is 35.5. The molecule has 4 nitrogen and oxygen atoms in total. The zero-order chi connectivity index (χ0) is 14.4. The first-order chi connectivity index (χ1) is 9.57. The van der Waals surface area contributed by atoms with Crippen molar-refractivity contribution in [3.05, 3.63) is 29.3 Å². The normalized spacial score (nSPS) is 18.2. The van der Waals surface area contributed by atoms with Gasteiger partial charge >= 0.3 is 0 Å². The van der Waals surface area contributed by atoms with Gasteiger partial charge in [-0.2, -0.15) is 0 Å². The maximum absolute atomic E-state index is 10.4. The molecule has 1 saturated heterocycles. The first-order valence-electron chi connectivity index (χ1n) is 6.94. The third-order valence-corrected chi connectivity index (χ3v) is 3.76. The van der Waals surface area contributed by atoms with Gasteiger partial charge in [-0.05, 0) is 25.2 Å². The number of halogens is 1. The lowest BCUT2D eigenvalue weighted by atomic mass is 9.94. The minimum atomic E-state index is -0.622. The first-order valence-corrected chi connectivity index (χ1v) is 7.32. The third kappa shape index (κ3) is 4.94. The number of ether oxygens (including phenoxy) is 2. The molecular formula is C15H22ClNO3. The van der Waals surface area contributed by atoms with Crippen LogP contribution >= 0.6 is 11.6 Å². The standard InChI is InChI=1S/C15H22ClNO3/c1-17(12-15(18)5-8-19-9-6-15)7-10-20-14-4-2-3-13(16)11-14/h2-4,11,18H,5-10,12H2,1H3. The molecule has 20 heavy (non-hydrogen) atoms. The van der Waals surface area contributed by atoms with Crippen LogP contribution in [0.25, 0.3) is 0 Å². The van der Waals surface area contributed by atoms with Gasteiger partial charge in [0.15, 0.2) is 0 Å². The van der Waals surface area contributed by atoms with Gasteiger partial charge in [0.1, 0.15) is 12.4 Å². The van der Waals surface area contributed by atoms with E-state index in [2.05, 4.69) is 4.90 Å². The van der Waals surface area contributed by atoms with E-state index < -0.39 is 5.60 Å². The highest BCUT2D eigenvalue weighted by Gasteiger charge is 2.30. The van der Waals surface area contributed by atoms with Crippen molar-refractivity contribution in [1.29, 1.82) is 0 Å². The van der Waals surface area contributed by atoms with Crippen molar-refractivity contribution in [1.82, 2.24) is 4.90 Å². The fourth-order valence-corrected chi connectivity index (χ4v) is 2.55. The van der Waals surface area contributed by atoms with Gasteiger partial charge in [0.2, 0.25) is 0 Å². The van der Waals surface area contributed by atoms with Crippen molar-refractivity contribution in [2.45, 2.75) is 18.4 Å². The molecule has 1 heterocycles. The Balaban J connectivity index is 1.71. The van der Waals surface area contributed by atoms with Crippen LogP contribution in [-0.2, 0) is 4.74 Å². The van der Waals surface area contributed by atoms with Gasteiger partial charge in [-0.1, -0.05) is 17.7 Å². The molecule has 0 spiro atoms. The summed E-state index contributed by atoms with van der Waals surface area (Å²) < 4.78 is 10.9. The number of likely N-dealkylation sites (N-methyl/N-ethyl adjacent to an activating group) is 1. The Morgan fingerprint density at radius 3 is 2.85 bits per heavy atom. The number of rotatable bonds is 6. The third-order valence-electron chi connectivity index (χ3n) is 3.53. The molecule has 0 atom stereocenters. The SMILES string of the molecule is CN(CCOc1cccc(Cl)c1)CC1(O)CCOCC1. The van der Waals surface area contributed by atoms with Gasteiger partial charge in [0, 0.05) is 44.2 Å². The van der Waals surface area contributed by atoms with Crippen LogP contribution in [0.1, 0.15) is 12.8 Å². The predicted molar refractivity (Wildman–Crippen MR) is 79.4 cm³/mol. The zero-order valence-corrected chi connectivity index (χ0v) is 12.6. The summed E-state index contributed by atoms with van der Waals surface area (Å²) in [5.74, 6) is 0.774. The molecule has 1 aromatic rings. The molecule has 1 aliphatic rings. The van der Waals surface area contributed by atoms with E-state index in [1.165, 1.54) is 0 Å². The van der Waals surface area contributed by atoms with Crippen molar-refractivity contribution in [3.63, 3.8) is 0 Å². The number of hydrogen-bond acceptors (Lipinski definition) is 4. The second-order valence-electron chi connectivity index (χ2n) is 5.38. The number of nitrogens with zero attached hydrogens (tertiary/aromatic N) is 1. The Morgan fingerprint density at radius 1 is 1.40 bits per heavy atom. The Labute approximate surface area is 125 Å². The highest BCUT2D eigenvalue weighted by molar-refractivity contribution is 6.30. The molecular weight excluding hydrogens is 278 g/mol. The molecule has 5 heteroatoms. The van der Waals surface area contributed by atoms with Crippen LogP contribution in [0.5, 0.6) is 5.75 Å². The Hall–Kier alpha value is -0.810. The first kappa shape index (κ1) is 15.6. The Kier molecular flexibility index (Phi) is 5.66. The molecule has 0 amide bonds. The number of benzene rings is 1. The number of aliphatic hydroxyl groups is 1. The van der Waals surface area contributed by atoms with Crippen LogP contribution in [0.2, 0.25) is 5.02 Å². The summed E-state index contributed by atoms with van der Waals surface area (Å²) in [5, 5.41) is 11.1. The van der Waals surface area contributed by atoms with E-state index >= 15 is 0 Å². The quantitative estimate of drug-likeness (QED) is 0.874. The predicted octanol–water partition coefficient (Wildman–Crippen LogP) is 2.19. The molecule has 1 aliphatic heterocycles. The molecule has 1 N–H and O–H groups in total. The summed E-state index contributed by atoms with van der Waals surface area (Å²) in [7, 11) is 1.99. The molecule has 0 saturated carbocycles. The summed E-state index contributed by atoms with van der Waals surface area (Å²) in [6.45, 7) is 3.26. The number of hydrogen-bond donors (Lipinski definition) is 1. The lowest BCUT2D eigenvalue weighted by Crippen LogP contribution is -2.46. The minimum Gasteiger partial charge on any atom is -0.492 e. The van der Waals surface area contributed by atoms with E-state index in [4.69, 9.17) is 21.1 Å². The van der Waals surface area contributed by atoms with E-state index in [0.717, 1.165) is 12.3 Å². The molecule has 0 aliphatic carbocycles. The van der Waals surface area contributed by atoms with E-state index in [1.54, 1.807) is 6.07 Å². The van der Waals surface area contributed by atoms with Crippen LogP contribution < -0.4 is 4.74 Å². The van der Waals surface area contributed by atoms with Gasteiger partial charge in [0.25, 0.3) is 0 Å². The van der Waals surface area contributed by atoms with Gasteiger partial charge in [0.05, 0.1) is 5.60 Å². The maximum Gasteiger partial charge on any atom is 0.120 e. The van der Waals surface area contributed by atoms with E-state index in [0.29, 0.717) is 44.2 Å². The fraction of sp³-hybridized carbons (Fsp3) is 0.600. The average molecular weight is 300 g/mol. The second kappa shape index (κ2) is 7.27. The topological polar surface area (TPSA) is 41.9 Å². The summed E-state index contributed by atoms with van der Waals surface area (Å²) >= 11 is 5.90. The van der Waals surface area contributed by atoms with E-state index in [9.17, 15) is 5.11 Å². The Bertz CT molecular complexity index is 421. The second-order valence-corrected chi connectivity index (χ2v) is 5.82. The fourth-order valence-electron chi connectivity index (χ4n) is 2.37. The van der Waals surface area contributed by atoms with Crippen LogP contribution in [0.4, 0.5) is 0 Å². The van der Waals surface area contributed by atoms with Crippen LogP contribution in [0, 0.1) is 0 Å². The molecule has 0 bridgehead atoms. The summed E-state index contributed by atoms with van der Waals surface area (Å²) in [6.07, 6.45) is 1.40. The molecule has 2 rings (SSSR count). The van der Waals surface area contributed by atoms with Crippen molar-refractivity contribution in [2.75, 3.05) is 40.0 Å². The lowest BCUT2D eigenvalue weighted by molar-refractivity contribution is -0.0775. The largest absolute Gasteiger partial charge is 0.492 e.